The van der Waals surface area contributed by atoms with Crippen LogP contribution in [0.1, 0.15) is 32.7 Å². The van der Waals surface area contributed by atoms with Gasteiger partial charge in [-0.25, -0.2) is 19.0 Å². The van der Waals surface area contributed by atoms with Crippen molar-refractivity contribution < 1.29 is 18.7 Å². The van der Waals surface area contributed by atoms with Crippen LogP contribution in [0.25, 0.3) is 22.3 Å². The molecule has 226 valence electrons. The van der Waals surface area contributed by atoms with Gasteiger partial charge in [0.05, 0.1) is 30.7 Å². The van der Waals surface area contributed by atoms with Crippen molar-refractivity contribution in [1.82, 2.24) is 30.0 Å². The zero-order valence-corrected chi connectivity index (χ0v) is 24.5. The van der Waals surface area contributed by atoms with Crippen LogP contribution in [0.15, 0.2) is 66.5 Å². The van der Waals surface area contributed by atoms with Crippen LogP contribution in [0, 0.1) is 17.1 Å². The highest BCUT2D eigenvalue weighted by Crippen LogP contribution is 2.36. The Balaban J connectivity index is 1.28. The van der Waals surface area contributed by atoms with E-state index in [1.54, 1.807) is 39.9 Å². The Morgan fingerprint density at radius 1 is 1.20 bits per heavy atom. The highest BCUT2D eigenvalue weighted by Gasteiger charge is 2.32. The fraction of sp³-hybridized carbons (Fsp3) is 0.344. The van der Waals surface area contributed by atoms with Crippen molar-refractivity contribution in [2.45, 2.75) is 44.3 Å². The Kier molecular flexibility index (Phi) is 7.99. The van der Waals surface area contributed by atoms with Crippen LogP contribution in [0.4, 0.5) is 10.2 Å². The normalized spacial score (nSPS) is 17.7. The van der Waals surface area contributed by atoms with E-state index in [1.165, 1.54) is 12.4 Å². The van der Waals surface area contributed by atoms with Crippen molar-refractivity contribution in [2.75, 3.05) is 32.0 Å². The number of nitrogens with one attached hydrogen (secondary N) is 1. The van der Waals surface area contributed by atoms with Crippen molar-refractivity contribution in [2.24, 2.45) is 0 Å². The third-order valence-electron chi connectivity index (χ3n) is 7.79. The maximum atomic E-state index is 15.6. The predicted molar refractivity (Wildman–Crippen MR) is 162 cm³/mol. The predicted octanol–water partition coefficient (Wildman–Crippen LogP) is 4.39. The van der Waals surface area contributed by atoms with E-state index in [0.717, 1.165) is 0 Å². The molecule has 2 aliphatic rings. The number of nitriles is 1. The number of benzene rings is 2. The number of nitrogens with zero attached hydrogens (tertiary/aromatic N) is 6. The summed E-state index contributed by atoms with van der Waals surface area (Å²) in [6, 6.07) is 15.7. The van der Waals surface area contributed by atoms with E-state index in [4.69, 9.17) is 20.3 Å². The number of nitrogens with two attached hydrogens (primary N) is 1. The number of hydrogen-bond acceptors (Lipinski definition) is 9. The quantitative estimate of drug-likeness (QED) is 0.224. The molecule has 3 N–H and O–H groups in total. The van der Waals surface area contributed by atoms with Crippen molar-refractivity contribution in [3.8, 4) is 28.8 Å². The van der Waals surface area contributed by atoms with Crippen molar-refractivity contribution in [3.63, 3.8) is 0 Å². The Bertz CT molecular complexity index is 1760. The van der Waals surface area contributed by atoms with E-state index in [1.807, 2.05) is 32.0 Å². The number of piperidine rings is 1. The average Bonchev–Trinajstić information content (AvgIpc) is 3.39. The fourth-order valence-corrected chi connectivity index (χ4v) is 5.71. The molecule has 4 aromatic rings. The van der Waals surface area contributed by atoms with Gasteiger partial charge in [-0.15, -0.1) is 0 Å². The number of hydrogen-bond donors (Lipinski definition) is 2. The third-order valence-corrected chi connectivity index (χ3v) is 7.79. The van der Waals surface area contributed by atoms with Gasteiger partial charge in [0.2, 0.25) is 0 Å². The molecule has 2 aromatic carbocycles. The van der Waals surface area contributed by atoms with Crippen LogP contribution in [-0.4, -0.2) is 68.4 Å². The first kappa shape index (κ1) is 29.2. The molecule has 2 aliphatic heterocycles. The molecular formula is C32H33FN8O3. The molecule has 12 heteroatoms. The maximum absolute atomic E-state index is 15.6. The van der Waals surface area contributed by atoms with Gasteiger partial charge in [0.25, 0.3) is 5.91 Å². The summed E-state index contributed by atoms with van der Waals surface area (Å²) in [7, 11) is 0. The standard InChI is InChI=1S/C32H33FN8O3/c1-32(2,38-21-17-43-18-21)14-20(15-34)31(42)40-12-6-7-22(16-40)41-30-27(29(35)36-19-37-30)28(39-41)25-11-10-24(13-26(25)33)44-23-8-4-3-5-9-23/h3-5,8-11,13-14,19,21-22,38H,6-7,12,16-18H2,1-2H3,(H2,35,36,37)/b20-14+/t22-/m1/s1. The maximum Gasteiger partial charge on any atom is 0.264 e. The Hall–Kier alpha value is -4.86. The molecule has 1 atom stereocenters. The molecule has 6 rings (SSSR count). The van der Waals surface area contributed by atoms with Crippen LogP contribution >= 0.6 is 0 Å². The number of para-hydroxylation sites is 1. The summed E-state index contributed by atoms with van der Waals surface area (Å²) in [5.74, 6) is 0.216. The zero-order valence-electron chi connectivity index (χ0n) is 24.5. The van der Waals surface area contributed by atoms with E-state index >= 15 is 4.39 Å². The second kappa shape index (κ2) is 12.0. The van der Waals surface area contributed by atoms with Crippen LogP contribution in [0.3, 0.4) is 0 Å². The Labute approximate surface area is 254 Å². The van der Waals surface area contributed by atoms with Gasteiger partial charge >= 0.3 is 0 Å². The van der Waals surface area contributed by atoms with Gasteiger partial charge in [0.1, 0.15) is 46.8 Å². The topological polar surface area (TPSA) is 144 Å². The molecule has 4 heterocycles. The SMILES string of the molecule is CC(C)(/C=C(\C#N)C(=O)N1CCC[C@@H](n2nc(-c3ccc(Oc4ccccc4)cc3F)c3c(N)ncnc32)C1)NC1COC1. The summed E-state index contributed by atoms with van der Waals surface area (Å²) < 4.78 is 28.3. The highest BCUT2D eigenvalue weighted by molar-refractivity contribution is 5.99. The number of carbonyl (C=O) groups is 1. The van der Waals surface area contributed by atoms with Gasteiger partial charge in [0.15, 0.2) is 5.65 Å². The number of ether oxygens (including phenoxy) is 2. The fourth-order valence-electron chi connectivity index (χ4n) is 5.71. The van der Waals surface area contributed by atoms with Gasteiger partial charge in [0, 0.05) is 30.3 Å². The molecule has 1 amide bonds. The number of rotatable bonds is 8. The molecular weight excluding hydrogens is 563 g/mol. The van der Waals surface area contributed by atoms with Crippen LogP contribution in [0.2, 0.25) is 0 Å². The second-order valence-corrected chi connectivity index (χ2v) is 11.6. The lowest BCUT2D eigenvalue weighted by Crippen LogP contribution is -2.54. The molecule has 0 saturated carbocycles. The van der Waals surface area contributed by atoms with Gasteiger partial charge in [-0.3, -0.25) is 4.79 Å². The molecule has 0 unspecified atom stereocenters. The zero-order chi connectivity index (χ0) is 30.8. The minimum Gasteiger partial charge on any atom is -0.457 e. The minimum atomic E-state index is -0.572. The molecule has 2 saturated heterocycles. The largest absolute Gasteiger partial charge is 0.457 e. The van der Waals surface area contributed by atoms with Crippen molar-refractivity contribution >= 4 is 22.8 Å². The first-order valence-corrected chi connectivity index (χ1v) is 14.5. The highest BCUT2D eigenvalue weighted by atomic mass is 19.1. The number of fused-ring (bicyclic) bond motifs is 1. The third kappa shape index (κ3) is 5.97. The second-order valence-electron chi connectivity index (χ2n) is 11.6. The number of likely N-dealkylation sites (tertiary alicyclic amines) is 1. The lowest BCUT2D eigenvalue weighted by atomic mass is 9.98. The molecule has 0 spiro atoms. The molecule has 2 aromatic heterocycles. The van der Waals surface area contributed by atoms with Crippen LogP contribution in [-0.2, 0) is 9.53 Å². The summed E-state index contributed by atoms with van der Waals surface area (Å²) >= 11 is 0. The first-order chi connectivity index (χ1) is 21.2. The monoisotopic (exact) mass is 596 g/mol. The van der Waals surface area contributed by atoms with Gasteiger partial charge in [-0.1, -0.05) is 18.2 Å². The summed E-state index contributed by atoms with van der Waals surface area (Å²) in [4.78, 5) is 23.8. The van der Waals surface area contributed by atoms with E-state index in [2.05, 4.69) is 21.4 Å². The summed E-state index contributed by atoms with van der Waals surface area (Å²) in [5.41, 5.74) is 6.75. The average molecular weight is 597 g/mol. The lowest BCUT2D eigenvalue weighted by molar-refractivity contribution is -0.128. The lowest BCUT2D eigenvalue weighted by Gasteiger charge is -2.35. The molecule has 11 nitrogen and oxygen atoms in total. The van der Waals surface area contributed by atoms with Crippen LogP contribution < -0.4 is 15.8 Å². The number of aromatic nitrogens is 4. The molecule has 44 heavy (non-hydrogen) atoms. The smallest absolute Gasteiger partial charge is 0.264 e. The van der Waals surface area contributed by atoms with Crippen LogP contribution in [0.5, 0.6) is 11.5 Å². The number of halogens is 1. The number of amides is 1. The minimum absolute atomic E-state index is 0.0702. The van der Waals surface area contributed by atoms with Crippen molar-refractivity contribution in [1.29, 1.82) is 5.26 Å². The van der Waals surface area contributed by atoms with E-state index in [9.17, 15) is 10.1 Å². The Morgan fingerprint density at radius 2 is 2.00 bits per heavy atom. The Morgan fingerprint density at radius 3 is 2.70 bits per heavy atom. The first-order valence-electron chi connectivity index (χ1n) is 14.5. The van der Waals surface area contributed by atoms with Gasteiger partial charge in [-0.2, -0.15) is 10.4 Å². The van der Waals surface area contributed by atoms with Gasteiger partial charge < -0.3 is 25.4 Å². The summed E-state index contributed by atoms with van der Waals surface area (Å²) in [6.07, 6.45) is 4.42. The van der Waals surface area contributed by atoms with Crippen molar-refractivity contribution in [3.05, 3.63) is 72.3 Å². The molecule has 0 radical (unpaired) electrons. The number of nitrogen functional groups attached to an aromatic ring is 1. The summed E-state index contributed by atoms with van der Waals surface area (Å²) in [6.45, 7) is 5.86. The molecule has 2 fully saturated rings. The van der Waals surface area contributed by atoms with Gasteiger partial charge in [-0.05, 0) is 57.0 Å². The van der Waals surface area contributed by atoms with E-state index in [0.29, 0.717) is 67.4 Å². The number of carbonyl (C=O) groups excluding carboxylic acids is 1. The molecule has 0 bridgehead atoms. The molecule has 0 aliphatic carbocycles. The number of anilines is 1. The van der Waals surface area contributed by atoms with E-state index in [-0.39, 0.29) is 34.9 Å². The summed E-state index contributed by atoms with van der Waals surface area (Å²) in [5, 5.41) is 18.5. The van der Waals surface area contributed by atoms with E-state index < -0.39 is 11.4 Å².